The molecule has 148 valence electrons. The van der Waals surface area contributed by atoms with Crippen LogP contribution >= 0.6 is 11.8 Å². The summed E-state index contributed by atoms with van der Waals surface area (Å²) >= 11 is 1.55. The van der Waals surface area contributed by atoms with Crippen LogP contribution in [0.15, 0.2) is 82.5 Å². The highest BCUT2D eigenvalue weighted by molar-refractivity contribution is 8.16. The van der Waals surface area contributed by atoms with Crippen LogP contribution in [0.4, 0.5) is 0 Å². The average molecular weight is 407 g/mol. The normalized spacial score (nSPS) is 17.8. The van der Waals surface area contributed by atoms with E-state index in [0.29, 0.717) is 24.5 Å². The third-order valence-electron chi connectivity index (χ3n) is 4.76. The van der Waals surface area contributed by atoms with Gasteiger partial charge in [-0.25, -0.2) is 9.79 Å². The van der Waals surface area contributed by atoms with Gasteiger partial charge in [-0.05, 0) is 42.5 Å². The van der Waals surface area contributed by atoms with Crippen LogP contribution < -0.4 is 4.74 Å². The Bertz CT molecular complexity index is 981. The fourth-order valence-corrected chi connectivity index (χ4v) is 4.18. The predicted molar refractivity (Wildman–Crippen MR) is 115 cm³/mol. The molecule has 0 aliphatic carbocycles. The molecule has 0 N–H and O–H groups in total. The minimum Gasteiger partial charge on any atom is -0.489 e. The molecule has 2 aliphatic rings. The van der Waals surface area contributed by atoms with Gasteiger partial charge in [0.2, 0.25) is 0 Å². The molecular formula is C23H22N2O3S. The number of aliphatic imine (C=N–C) groups is 1. The van der Waals surface area contributed by atoms with Crippen molar-refractivity contribution in [3.63, 3.8) is 0 Å². The number of hydrogen-bond donors (Lipinski definition) is 0. The van der Waals surface area contributed by atoms with E-state index in [9.17, 15) is 4.79 Å². The van der Waals surface area contributed by atoms with E-state index in [1.54, 1.807) is 11.8 Å². The highest BCUT2D eigenvalue weighted by Crippen LogP contribution is 2.41. The highest BCUT2D eigenvalue weighted by Gasteiger charge is 2.37. The Morgan fingerprint density at radius 2 is 1.90 bits per heavy atom. The van der Waals surface area contributed by atoms with Crippen LogP contribution in [0.2, 0.25) is 0 Å². The van der Waals surface area contributed by atoms with Crippen LogP contribution in [-0.2, 0) is 16.1 Å². The number of esters is 1. The largest absolute Gasteiger partial charge is 0.489 e. The molecule has 5 nitrogen and oxygen atoms in total. The molecule has 0 radical (unpaired) electrons. The number of rotatable bonds is 6. The van der Waals surface area contributed by atoms with Crippen molar-refractivity contribution in [2.24, 2.45) is 4.99 Å². The first-order valence-electron chi connectivity index (χ1n) is 9.52. The van der Waals surface area contributed by atoms with Crippen LogP contribution in [-0.4, -0.2) is 22.6 Å². The number of carbonyl (C=O) groups excluding carboxylic acids is 1. The molecule has 0 aromatic heterocycles. The summed E-state index contributed by atoms with van der Waals surface area (Å²) < 4.78 is 11.2. The van der Waals surface area contributed by atoms with E-state index in [-0.39, 0.29) is 12.0 Å². The topological polar surface area (TPSA) is 51.1 Å². The van der Waals surface area contributed by atoms with E-state index in [0.717, 1.165) is 22.0 Å². The number of carbonyl (C=O) groups is 1. The van der Waals surface area contributed by atoms with Crippen LogP contribution in [0.3, 0.4) is 0 Å². The summed E-state index contributed by atoms with van der Waals surface area (Å²) in [7, 11) is 0. The van der Waals surface area contributed by atoms with Crippen LogP contribution in [0.5, 0.6) is 5.75 Å². The van der Waals surface area contributed by atoms with Crippen LogP contribution in [0, 0.1) is 0 Å². The highest BCUT2D eigenvalue weighted by atomic mass is 32.2. The third kappa shape index (κ3) is 4.07. The number of ether oxygens (including phenoxy) is 2. The summed E-state index contributed by atoms with van der Waals surface area (Å²) in [6, 6.07) is 17.7. The second kappa shape index (κ2) is 8.57. The van der Waals surface area contributed by atoms with Crippen molar-refractivity contribution in [2.75, 3.05) is 6.61 Å². The Balaban J connectivity index is 1.58. The molecule has 0 saturated heterocycles. The first-order chi connectivity index (χ1) is 14.2. The second-order valence-electron chi connectivity index (χ2n) is 6.67. The molecule has 0 bridgehead atoms. The van der Waals surface area contributed by atoms with Gasteiger partial charge >= 0.3 is 5.97 Å². The van der Waals surface area contributed by atoms with Crippen LogP contribution in [0.25, 0.3) is 0 Å². The Morgan fingerprint density at radius 3 is 2.62 bits per heavy atom. The molecule has 0 fully saturated rings. The second-order valence-corrected chi connectivity index (χ2v) is 7.54. The standard InChI is InChI=1S/C23H22N2O3S/c1-3-27-22(26)20-16(2)24-23-25(13-14-29-23)21(20)18-9-11-19(12-10-18)28-15-17-7-5-4-6-8-17/h4-14,21H,3,15H2,1-2H3/t21-/m0/s1. The van der Waals surface area contributed by atoms with E-state index in [2.05, 4.69) is 4.99 Å². The number of allylic oxidation sites excluding steroid dienone is 1. The van der Waals surface area contributed by atoms with E-state index in [1.807, 2.05) is 85.0 Å². The summed E-state index contributed by atoms with van der Waals surface area (Å²) in [6.45, 7) is 4.51. The monoisotopic (exact) mass is 406 g/mol. The zero-order chi connectivity index (χ0) is 20.2. The Labute approximate surface area is 174 Å². The number of hydrogen-bond acceptors (Lipinski definition) is 6. The van der Waals surface area contributed by atoms with Gasteiger partial charge in [0.15, 0.2) is 5.17 Å². The van der Waals surface area contributed by atoms with Gasteiger partial charge in [-0.15, -0.1) is 0 Å². The molecule has 2 aromatic carbocycles. The zero-order valence-corrected chi connectivity index (χ0v) is 17.2. The summed E-state index contributed by atoms with van der Waals surface area (Å²) in [4.78, 5) is 19.3. The summed E-state index contributed by atoms with van der Waals surface area (Å²) in [5.41, 5.74) is 3.37. The number of amidine groups is 1. The van der Waals surface area contributed by atoms with Crippen molar-refractivity contribution in [2.45, 2.75) is 26.5 Å². The Kier molecular flexibility index (Phi) is 5.71. The third-order valence-corrected chi connectivity index (χ3v) is 5.53. The van der Waals surface area contributed by atoms with Gasteiger partial charge in [0.25, 0.3) is 0 Å². The fraction of sp³-hybridized carbons (Fsp3) is 0.217. The van der Waals surface area contributed by atoms with Crippen molar-refractivity contribution in [1.29, 1.82) is 0 Å². The molecule has 2 aromatic rings. The molecule has 6 heteroatoms. The van der Waals surface area contributed by atoms with Crippen molar-refractivity contribution < 1.29 is 14.3 Å². The smallest absolute Gasteiger partial charge is 0.338 e. The van der Waals surface area contributed by atoms with Crippen LogP contribution in [0.1, 0.15) is 31.0 Å². The first-order valence-corrected chi connectivity index (χ1v) is 10.4. The van der Waals surface area contributed by atoms with Crippen molar-refractivity contribution in [3.8, 4) is 5.75 Å². The summed E-state index contributed by atoms with van der Waals surface area (Å²) in [5, 5.41) is 2.84. The molecule has 0 unspecified atom stereocenters. The lowest BCUT2D eigenvalue weighted by Gasteiger charge is -2.33. The summed E-state index contributed by atoms with van der Waals surface area (Å²) in [5.74, 6) is 0.458. The van der Waals surface area contributed by atoms with E-state index < -0.39 is 0 Å². The maximum Gasteiger partial charge on any atom is 0.338 e. The Hall–Kier alpha value is -2.99. The average Bonchev–Trinajstić information content (AvgIpc) is 3.20. The van der Waals surface area contributed by atoms with Gasteiger partial charge in [-0.1, -0.05) is 54.2 Å². The van der Waals surface area contributed by atoms with Gasteiger partial charge in [0, 0.05) is 6.20 Å². The molecule has 0 saturated carbocycles. The minimum atomic E-state index is -0.326. The fourth-order valence-electron chi connectivity index (χ4n) is 3.39. The van der Waals surface area contributed by atoms with Gasteiger partial charge < -0.3 is 14.4 Å². The minimum absolute atomic E-state index is 0.268. The molecule has 4 rings (SSSR count). The zero-order valence-electron chi connectivity index (χ0n) is 16.4. The Morgan fingerprint density at radius 1 is 1.14 bits per heavy atom. The molecule has 29 heavy (non-hydrogen) atoms. The molecule has 1 atom stereocenters. The quantitative estimate of drug-likeness (QED) is 0.630. The van der Waals surface area contributed by atoms with Gasteiger partial charge in [-0.3, -0.25) is 0 Å². The maximum atomic E-state index is 12.7. The van der Waals surface area contributed by atoms with E-state index in [4.69, 9.17) is 9.47 Å². The molecular weight excluding hydrogens is 384 g/mol. The SMILES string of the molecule is CCOC(=O)C1=C(C)N=C2SC=CN2[C@H]1c1ccc(OCc2ccccc2)cc1. The van der Waals surface area contributed by atoms with Gasteiger partial charge in [0.1, 0.15) is 12.4 Å². The van der Waals surface area contributed by atoms with E-state index in [1.165, 1.54) is 0 Å². The van der Waals surface area contributed by atoms with Crippen molar-refractivity contribution >= 4 is 22.9 Å². The first kappa shape index (κ1) is 19.3. The van der Waals surface area contributed by atoms with Gasteiger partial charge in [-0.2, -0.15) is 0 Å². The predicted octanol–water partition coefficient (Wildman–Crippen LogP) is 5.03. The molecule has 0 spiro atoms. The number of fused-ring (bicyclic) bond motifs is 1. The molecule has 2 aliphatic heterocycles. The molecule has 2 heterocycles. The molecule has 0 amide bonds. The van der Waals surface area contributed by atoms with E-state index >= 15 is 0 Å². The lowest BCUT2D eigenvalue weighted by Crippen LogP contribution is -2.34. The maximum absolute atomic E-state index is 12.7. The lowest BCUT2D eigenvalue weighted by atomic mass is 9.95. The van der Waals surface area contributed by atoms with Crippen molar-refractivity contribution in [3.05, 3.63) is 88.6 Å². The number of benzene rings is 2. The number of nitrogens with zero attached hydrogens (tertiary/aromatic N) is 2. The van der Waals surface area contributed by atoms with Gasteiger partial charge in [0.05, 0.1) is 23.9 Å². The van der Waals surface area contributed by atoms with Crippen molar-refractivity contribution in [1.82, 2.24) is 4.90 Å². The lowest BCUT2D eigenvalue weighted by molar-refractivity contribution is -0.139. The number of thioether (sulfide) groups is 1. The summed E-state index contributed by atoms with van der Waals surface area (Å²) in [6.07, 6.45) is 1.96.